The van der Waals surface area contributed by atoms with Gasteiger partial charge in [-0.15, -0.1) is 0 Å². The molecule has 0 aliphatic heterocycles. The van der Waals surface area contributed by atoms with E-state index in [4.69, 9.17) is 0 Å². The van der Waals surface area contributed by atoms with Gasteiger partial charge in [0.2, 0.25) is 0 Å². The first-order chi connectivity index (χ1) is 1.91. The molecule has 0 atom stereocenters. The molecule has 0 spiro atoms. The average Bonchev–Trinajstić information content (AvgIpc) is 1.37. The second-order valence-electron chi connectivity index (χ2n) is 1.000. The molecule has 0 aromatic carbocycles. The first kappa shape index (κ1) is 5.09. The molecule has 0 aromatic rings. The van der Waals surface area contributed by atoms with Gasteiger partial charge in [-0.2, -0.15) is 0 Å². The molecule has 0 heterocycles. The maximum atomic E-state index is 1.59. The molecule has 0 radical (unpaired) electrons. The second-order valence-corrected chi connectivity index (χ2v) is 5.20. The van der Waals surface area contributed by atoms with E-state index in [1.807, 2.05) is 0 Å². The van der Waals surface area contributed by atoms with E-state index in [9.17, 15) is 0 Å². The molecule has 0 aromatic heterocycles. The molecule has 0 saturated carbocycles. The molecule has 2 heteroatoms. The Balaban J connectivity index is 1.97. The van der Waals surface area contributed by atoms with E-state index in [1.165, 1.54) is 0 Å². The van der Waals surface area contributed by atoms with Gasteiger partial charge in [0.1, 0.15) is 0 Å². The summed E-state index contributed by atoms with van der Waals surface area (Å²) in [6.07, 6.45) is 0. The van der Waals surface area contributed by atoms with Crippen molar-refractivity contribution in [3.8, 4) is 0 Å². The van der Waals surface area contributed by atoms with Crippen molar-refractivity contribution in [2.75, 3.05) is 0 Å². The zero-order chi connectivity index (χ0) is 3.41. The van der Waals surface area contributed by atoms with Crippen LogP contribution >= 0.6 is 0 Å². The van der Waals surface area contributed by atoms with E-state index in [2.05, 4.69) is 0 Å². The van der Waals surface area contributed by atoms with Gasteiger partial charge in [-0.25, -0.2) is 0 Å². The molecular formula is C2H10Ge2. The Morgan fingerprint density at radius 2 is 1.25 bits per heavy atom. The minimum atomic E-state index is 1.16. The Labute approximate surface area is 43.8 Å². The SMILES string of the molecule is [GeH3][CH2][CH2][GeH3]. The summed E-state index contributed by atoms with van der Waals surface area (Å²) >= 11 is 2.32. The van der Waals surface area contributed by atoms with E-state index >= 15 is 0 Å². The molecule has 0 rings (SSSR count). The minimum absolute atomic E-state index is 1.16. The fourth-order valence-corrected chi connectivity index (χ4v) is 0. The zero-order valence-corrected chi connectivity index (χ0v) is 11.8. The maximum absolute atomic E-state index is 1.59. The van der Waals surface area contributed by atoms with E-state index in [0.717, 1.165) is 33.0 Å². The van der Waals surface area contributed by atoms with Crippen LogP contribution in [-0.4, -0.2) is 33.0 Å². The molecule has 0 aliphatic carbocycles. The van der Waals surface area contributed by atoms with Crippen molar-refractivity contribution in [3.63, 3.8) is 0 Å². The zero-order valence-electron chi connectivity index (χ0n) is 3.41. The number of hydrogen-bond donors (Lipinski definition) is 0. The van der Waals surface area contributed by atoms with Crippen LogP contribution in [0.25, 0.3) is 0 Å². The number of hydrogen-bond acceptors (Lipinski definition) is 0. The molecule has 0 unspecified atom stereocenters. The second kappa shape index (κ2) is 4.09. The van der Waals surface area contributed by atoms with Crippen molar-refractivity contribution in [2.24, 2.45) is 0 Å². The van der Waals surface area contributed by atoms with E-state index < -0.39 is 0 Å². The van der Waals surface area contributed by atoms with Crippen LogP contribution in [0, 0.1) is 0 Å². The van der Waals surface area contributed by atoms with E-state index in [0.29, 0.717) is 0 Å². The van der Waals surface area contributed by atoms with E-state index in [-0.39, 0.29) is 0 Å². The standard InChI is InChI=1S/C2H10Ge2/c3-1-2-4/h1-2H2,3-4H3. The van der Waals surface area contributed by atoms with Gasteiger partial charge in [0.05, 0.1) is 0 Å². The molecule has 0 bridgehead atoms. The van der Waals surface area contributed by atoms with Crippen LogP contribution in [-0.2, 0) is 0 Å². The van der Waals surface area contributed by atoms with Crippen molar-refractivity contribution < 1.29 is 0 Å². The summed E-state index contributed by atoms with van der Waals surface area (Å²) in [4.78, 5) is 0. The van der Waals surface area contributed by atoms with Crippen molar-refractivity contribution in [1.82, 2.24) is 0 Å². The Bertz CT molecular complexity index is 6.00. The summed E-state index contributed by atoms with van der Waals surface area (Å²) in [6, 6.07) is 0. The Kier molecular flexibility index (Phi) is 5.19. The van der Waals surface area contributed by atoms with Crippen LogP contribution in [0.1, 0.15) is 0 Å². The summed E-state index contributed by atoms with van der Waals surface area (Å²) in [6.45, 7) is 0. The molecule has 0 amide bonds. The van der Waals surface area contributed by atoms with Crippen LogP contribution in [0.15, 0.2) is 0 Å². The summed E-state index contributed by atoms with van der Waals surface area (Å²) in [5, 5.41) is 3.18. The normalized spacial score (nSPS) is 9.00. The molecular weight excluding hydrogens is 169 g/mol. The fraction of sp³-hybridized carbons (Fsp3) is 1.00. The monoisotopic (exact) mass is 182 g/mol. The van der Waals surface area contributed by atoms with Crippen LogP contribution < -0.4 is 0 Å². The van der Waals surface area contributed by atoms with Gasteiger partial charge in [-0.3, -0.25) is 0 Å². The molecule has 4 heavy (non-hydrogen) atoms. The molecule has 0 N–H and O–H groups in total. The van der Waals surface area contributed by atoms with Crippen LogP contribution in [0.3, 0.4) is 0 Å². The van der Waals surface area contributed by atoms with Crippen molar-refractivity contribution in [1.29, 1.82) is 0 Å². The molecule has 0 aliphatic rings. The summed E-state index contributed by atoms with van der Waals surface area (Å²) in [5.41, 5.74) is 0. The molecule has 0 fully saturated rings. The summed E-state index contributed by atoms with van der Waals surface area (Å²) in [7, 11) is 0. The first-order valence-corrected chi connectivity index (χ1v) is 7.85. The molecule has 26 valence electrons. The third kappa shape index (κ3) is 3.09. The van der Waals surface area contributed by atoms with Crippen molar-refractivity contribution >= 4 is 33.0 Å². The topological polar surface area (TPSA) is 0 Å². The fourth-order valence-electron chi connectivity index (χ4n) is 0. The van der Waals surface area contributed by atoms with Gasteiger partial charge in [-0.05, 0) is 0 Å². The summed E-state index contributed by atoms with van der Waals surface area (Å²) in [5.74, 6) is 0. The van der Waals surface area contributed by atoms with E-state index in [1.54, 1.807) is 10.5 Å². The van der Waals surface area contributed by atoms with Gasteiger partial charge < -0.3 is 0 Å². The average molecular weight is 179 g/mol. The predicted octanol–water partition coefficient (Wildman–Crippen LogP) is -1.45. The van der Waals surface area contributed by atoms with Crippen LogP contribution in [0.4, 0.5) is 0 Å². The van der Waals surface area contributed by atoms with Crippen molar-refractivity contribution in [3.05, 3.63) is 0 Å². The third-order valence-corrected chi connectivity index (χ3v) is 13.5. The Morgan fingerprint density at radius 1 is 1.00 bits per heavy atom. The molecule has 0 nitrogen and oxygen atoms in total. The molecule has 0 saturated heterocycles. The quantitative estimate of drug-likeness (QED) is 0.432. The summed E-state index contributed by atoms with van der Waals surface area (Å²) < 4.78 is 0. The van der Waals surface area contributed by atoms with Gasteiger partial charge in [0.15, 0.2) is 0 Å². The third-order valence-electron chi connectivity index (χ3n) is 0.500. The first-order valence-electron chi connectivity index (χ1n) is 1.91. The van der Waals surface area contributed by atoms with Gasteiger partial charge >= 0.3 is 43.5 Å². The predicted molar refractivity (Wildman–Crippen MR) is 29.5 cm³/mol. The van der Waals surface area contributed by atoms with Gasteiger partial charge in [-0.1, -0.05) is 0 Å². The number of rotatable bonds is 1. The Hall–Kier alpha value is 1.09. The van der Waals surface area contributed by atoms with Crippen LogP contribution in [0.2, 0.25) is 10.5 Å². The van der Waals surface area contributed by atoms with Crippen molar-refractivity contribution in [2.45, 2.75) is 10.5 Å². The van der Waals surface area contributed by atoms with Gasteiger partial charge in [0.25, 0.3) is 0 Å². The Morgan fingerprint density at radius 3 is 1.25 bits per heavy atom. The van der Waals surface area contributed by atoms with Gasteiger partial charge in [0, 0.05) is 0 Å². The van der Waals surface area contributed by atoms with Crippen LogP contribution in [0.5, 0.6) is 0 Å².